The van der Waals surface area contributed by atoms with Gasteiger partial charge in [-0.15, -0.1) is 0 Å². The van der Waals surface area contributed by atoms with E-state index in [-0.39, 0.29) is 15.5 Å². The minimum absolute atomic E-state index is 0.0210. The minimum Gasteiger partial charge on any atom is -0.437 e. The Hall–Kier alpha value is -3.01. The summed E-state index contributed by atoms with van der Waals surface area (Å²) >= 11 is 6.09. The number of halogens is 1. The molecule has 1 amide bonds. The number of aromatic nitrogens is 2. The maximum Gasteiger partial charge on any atom is 0.255 e. The number of sulfonamides is 1. The molecule has 0 aliphatic rings. The highest BCUT2D eigenvalue weighted by Gasteiger charge is 2.25. The monoisotopic (exact) mass is 460 g/mol. The largest absolute Gasteiger partial charge is 0.437 e. The van der Waals surface area contributed by atoms with Gasteiger partial charge in [-0.1, -0.05) is 17.7 Å². The first-order valence-electron chi connectivity index (χ1n) is 9.22. The summed E-state index contributed by atoms with van der Waals surface area (Å²) < 4.78 is 33.5. The number of rotatable bonds is 6. The Bertz CT molecular complexity index is 1200. The Balaban J connectivity index is 1.81. The third-order valence-corrected chi connectivity index (χ3v) is 6.02. The molecule has 162 valence electrons. The molecule has 2 aromatic carbocycles. The molecular weight excluding hydrogens is 440 g/mol. The first-order valence-corrected chi connectivity index (χ1v) is 11.1. The van der Waals surface area contributed by atoms with Gasteiger partial charge >= 0.3 is 0 Å². The van der Waals surface area contributed by atoms with Crippen LogP contribution in [-0.2, 0) is 10.0 Å². The van der Waals surface area contributed by atoms with Gasteiger partial charge in [0.15, 0.2) is 0 Å². The summed E-state index contributed by atoms with van der Waals surface area (Å²) in [6.07, 6.45) is 4.50. The molecule has 3 aromatic rings. The predicted octanol–water partition coefficient (Wildman–Crippen LogP) is 4.25. The van der Waals surface area contributed by atoms with E-state index in [1.807, 2.05) is 0 Å². The molecule has 0 spiro atoms. The fourth-order valence-corrected chi connectivity index (χ4v) is 4.55. The van der Waals surface area contributed by atoms with Gasteiger partial charge in [-0.25, -0.2) is 18.1 Å². The number of carbonyl (C=O) groups excluding carboxylic acids is 1. The molecule has 0 aliphatic heterocycles. The van der Waals surface area contributed by atoms with Crippen LogP contribution in [0.4, 0.5) is 5.69 Å². The van der Waals surface area contributed by atoms with Gasteiger partial charge in [-0.05, 0) is 51.1 Å². The normalized spacial score (nSPS) is 11.7. The summed E-state index contributed by atoms with van der Waals surface area (Å²) in [5.74, 6) is 0.262. The molecule has 2 N–H and O–H groups in total. The second-order valence-electron chi connectivity index (χ2n) is 7.63. The van der Waals surface area contributed by atoms with Gasteiger partial charge in [0.2, 0.25) is 15.9 Å². The Labute approximate surface area is 185 Å². The van der Waals surface area contributed by atoms with Crippen LogP contribution in [0.5, 0.6) is 11.6 Å². The number of amides is 1. The first-order chi connectivity index (χ1) is 14.5. The van der Waals surface area contributed by atoms with Gasteiger partial charge in [0, 0.05) is 35.2 Å². The lowest BCUT2D eigenvalue weighted by Gasteiger charge is -2.21. The van der Waals surface area contributed by atoms with Crippen LogP contribution in [0, 0.1) is 0 Å². The number of nitrogens with one attached hydrogen (secondary N) is 2. The van der Waals surface area contributed by atoms with Crippen molar-refractivity contribution >= 4 is 33.2 Å². The topological polar surface area (TPSA) is 110 Å². The van der Waals surface area contributed by atoms with Gasteiger partial charge in [0.05, 0.1) is 11.2 Å². The van der Waals surface area contributed by atoms with Gasteiger partial charge in [0.25, 0.3) is 5.91 Å². The summed E-state index contributed by atoms with van der Waals surface area (Å²) in [5.41, 5.74) is -0.109. The smallest absolute Gasteiger partial charge is 0.255 e. The molecule has 0 aliphatic carbocycles. The van der Waals surface area contributed by atoms with Crippen molar-refractivity contribution in [2.45, 2.75) is 31.2 Å². The lowest BCUT2D eigenvalue weighted by Crippen LogP contribution is -2.40. The third kappa shape index (κ3) is 6.24. The van der Waals surface area contributed by atoms with Crippen molar-refractivity contribution in [2.24, 2.45) is 0 Å². The number of anilines is 1. The Kier molecular flexibility index (Phi) is 6.59. The van der Waals surface area contributed by atoms with Gasteiger partial charge in [0.1, 0.15) is 10.6 Å². The molecule has 1 aromatic heterocycles. The van der Waals surface area contributed by atoms with Crippen LogP contribution in [0.15, 0.2) is 66.0 Å². The molecule has 10 heteroatoms. The lowest BCUT2D eigenvalue weighted by atomic mass is 10.1. The molecule has 0 unspecified atom stereocenters. The van der Waals surface area contributed by atoms with Crippen molar-refractivity contribution in [2.75, 3.05) is 5.32 Å². The van der Waals surface area contributed by atoms with Gasteiger partial charge in [-0.2, -0.15) is 0 Å². The lowest BCUT2D eigenvalue weighted by molar-refractivity contribution is 0.102. The molecule has 1 heterocycles. The maximum atomic E-state index is 12.7. The summed E-state index contributed by atoms with van der Waals surface area (Å²) in [6, 6.07) is 10.8. The molecule has 3 rings (SSSR count). The van der Waals surface area contributed by atoms with Crippen LogP contribution in [-0.4, -0.2) is 29.8 Å². The number of hydrogen-bond acceptors (Lipinski definition) is 6. The summed E-state index contributed by atoms with van der Waals surface area (Å²) in [6.45, 7) is 5.14. The van der Waals surface area contributed by atoms with Crippen molar-refractivity contribution in [1.29, 1.82) is 0 Å². The highest BCUT2D eigenvalue weighted by molar-refractivity contribution is 7.89. The molecule has 0 saturated heterocycles. The van der Waals surface area contributed by atoms with Crippen molar-refractivity contribution in [3.8, 4) is 11.6 Å². The molecular formula is C21H21ClN4O4S. The number of ether oxygens (including phenoxy) is 1. The number of hydrogen-bond donors (Lipinski definition) is 2. The molecule has 8 nitrogen and oxygen atoms in total. The quantitative estimate of drug-likeness (QED) is 0.569. The van der Waals surface area contributed by atoms with Crippen LogP contribution in [0.3, 0.4) is 0 Å². The summed E-state index contributed by atoms with van der Waals surface area (Å²) in [5, 5.41) is 2.74. The first kappa shape index (κ1) is 22.7. The van der Waals surface area contributed by atoms with Crippen LogP contribution in [0.25, 0.3) is 0 Å². The van der Waals surface area contributed by atoms with Crippen molar-refractivity contribution in [1.82, 2.24) is 14.7 Å². The van der Waals surface area contributed by atoms with Crippen LogP contribution < -0.4 is 14.8 Å². The number of carbonyl (C=O) groups is 1. The van der Waals surface area contributed by atoms with E-state index in [1.165, 1.54) is 36.8 Å². The van der Waals surface area contributed by atoms with Gasteiger partial charge < -0.3 is 10.1 Å². The molecule has 0 saturated carbocycles. The van der Waals surface area contributed by atoms with Gasteiger partial charge in [-0.3, -0.25) is 9.78 Å². The fraction of sp³-hybridized carbons (Fsp3) is 0.190. The summed E-state index contributed by atoms with van der Waals surface area (Å²) in [7, 11) is -3.91. The zero-order valence-corrected chi connectivity index (χ0v) is 18.7. The van der Waals surface area contributed by atoms with E-state index in [0.717, 1.165) is 0 Å². The second-order valence-corrected chi connectivity index (χ2v) is 9.69. The zero-order chi connectivity index (χ0) is 22.6. The van der Waals surface area contributed by atoms with E-state index < -0.39 is 21.5 Å². The van der Waals surface area contributed by atoms with Crippen LogP contribution >= 0.6 is 11.6 Å². The third-order valence-electron chi connectivity index (χ3n) is 3.78. The molecule has 0 bridgehead atoms. The Morgan fingerprint density at radius 1 is 1.10 bits per heavy atom. The summed E-state index contributed by atoms with van der Waals surface area (Å²) in [4.78, 5) is 20.5. The SMILES string of the molecule is CC(C)(C)NS(=O)(=O)c1cc(C(=O)Nc2cccc(Oc3cnccn3)c2)ccc1Cl. The standard InChI is InChI=1S/C21H21ClN4O4S/c1-21(2,3)26-31(28,29)18-11-14(7-8-17(18)22)20(27)25-15-5-4-6-16(12-15)30-19-13-23-9-10-24-19/h4-13,26H,1-3H3,(H,25,27). The average Bonchev–Trinajstić information content (AvgIpc) is 2.67. The predicted molar refractivity (Wildman–Crippen MR) is 118 cm³/mol. The maximum absolute atomic E-state index is 12.7. The fourth-order valence-electron chi connectivity index (χ4n) is 2.61. The van der Waals surface area contributed by atoms with E-state index in [4.69, 9.17) is 16.3 Å². The number of benzene rings is 2. The molecule has 0 radical (unpaired) electrons. The Morgan fingerprint density at radius 3 is 2.55 bits per heavy atom. The molecule has 31 heavy (non-hydrogen) atoms. The van der Waals surface area contributed by atoms with E-state index in [1.54, 1.807) is 45.0 Å². The molecule has 0 atom stereocenters. The highest BCUT2D eigenvalue weighted by atomic mass is 35.5. The van der Waals surface area contributed by atoms with E-state index in [0.29, 0.717) is 17.3 Å². The van der Waals surface area contributed by atoms with Crippen LogP contribution in [0.2, 0.25) is 5.02 Å². The average molecular weight is 461 g/mol. The number of nitrogens with zero attached hydrogens (tertiary/aromatic N) is 2. The van der Waals surface area contributed by atoms with Crippen molar-refractivity contribution in [3.63, 3.8) is 0 Å². The zero-order valence-electron chi connectivity index (χ0n) is 17.1. The van der Waals surface area contributed by atoms with E-state index >= 15 is 0 Å². The second kappa shape index (κ2) is 9.01. The highest BCUT2D eigenvalue weighted by Crippen LogP contribution is 2.26. The molecule has 0 fully saturated rings. The van der Waals surface area contributed by atoms with E-state index in [9.17, 15) is 13.2 Å². The van der Waals surface area contributed by atoms with Crippen molar-refractivity contribution in [3.05, 3.63) is 71.6 Å². The van der Waals surface area contributed by atoms with E-state index in [2.05, 4.69) is 20.0 Å². The Morgan fingerprint density at radius 2 is 1.87 bits per heavy atom. The van der Waals surface area contributed by atoms with Crippen molar-refractivity contribution < 1.29 is 17.9 Å². The minimum atomic E-state index is -3.91. The van der Waals surface area contributed by atoms with Crippen LogP contribution in [0.1, 0.15) is 31.1 Å².